The molecule has 0 atom stereocenters. The smallest absolute Gasteiger partial charge is 0.323 e. The van der Waals surface area contributed by atoms with Gasteiger partial charge in [-0.2, -0.15) is 0 Å². The molecule has 100 valence electrons. The molecule has 0 aliphatic carbocycles. The highest BCUT2D eigenvalue weighted by Crippen LogP contribution is 2.22. The Hall–Kier alpha value is -1.36. The summed E-state index contributed by atoms with van der Waals surface area (Å²) in [5.74, 6) is -1.21. The molecule has 1 heterocycles. The number of carbonyl (C=O) groups excluding carboxylic acids is 1. The summed E-state index contributed by atoms with van der Waals surface area (Å²) in [6, 6.07) is 3.69. The zero-order chi connectivity index (χ0) is 13.9. The van der Waals surface area contributed by atoms with Crippen LogP contribution in [0.4, 0.5) is 0 Å². The number of aryl methyl sites for hydroxylation is 1. The van der Waals surface area contributed by atoms with Gasteiger partial charge in [-0.15, -0.1) is 11.3 Å². The Bertz CT molecular complexity index is 445. The molecule has 0 aromatic carbocycles. The summed E-state index contributed by atoms with van der Waals surface area (Å²) in [6.45, 7) is 7.26. The first-order chi connectivity index (χ1) is 8.25. The average Bonchev–Trinajstić information content (AvgIpc) is 2.71. The summed E-state index contributed by atoms with van der Waals surface area (Å²) >= 11 is 1.43. The molecular weight excluding hydrogens is 250 g/mol. The lowest BCUT2D eigenvalue weighted by atomic mass is 10.1. The second kappa shape index (κ2) is 5.52. The number of hydrogen-bond acceptors (Lipinski definition) is 3. The molecule has 18 heavy (non-hydrogen) atoms. The third-order valence-electron chi connectivity index (χ3n) is 2.57. The van der Waals surface area contributed by atoms with E-state index in [1.165, 1.54) is 16.2 Å². The molecule has 1 aromatic heterocycles. The molecule has 1 amide bonds. The number of aliphatic carboxylic acids is 1. The Morgan fingerprint density at radius 1 is 1.33 bits per heavy atom. The van der Waals surface area contributed by atoms with Crippen LogP contribution in [0.1, 0.15) is 42.2 Å². The van der Waals surface area contributed by atoms with Crippen LogP contribution >= 0.6 is 11.3 Å². The van der Waals surface area contributed by atoms with Crippen molar-refractivity contribution in [2.45, 2.75) is 39.7 Å². The predicted molar refractivity (Wildman–Crippen MR) is 72.1 cm³/mol. The molecule has 0 saturated heterocycles. The monoisotopic (exact) mass is 269 g/mol. The van der Waals surface area contributed by atoms with Gasteiger partial charge in [0.25, 0.3) is 5.91 Å². The summed E-state index contributed by atoms with van der Waals surface area (Å²) in [5, 5.41) is 8.90. The first-order valence-electron chi connectivity index (χ1n) is 5.88. The lowest BCUT2D eigenvalue weighted by Gasteiger charge is -2.34. The molecule has 4 nitrogen and oxygen atoms in total. The molecule has 5 heteroatoms. The van der Waals surface area contributed by atoms with Gasteiger partial charge in [-0.3, -0.25) is 9.59 Å². The van der Waals surface area contributed by atoms with Crippen LogP contribution in [-0.4, -0.2) is 34.0 Å². The molecule has 0 saturated carbocycles. The van der Waals surface area contributed by atoms with Crippen LogP contribution in [0.15, 0.2) is 12.1 Å². The van der Waals surface area contributed by atoms with Gasteiger partial charge in [0.1, 0.15) is 6.54 Å². The van der Waals surface area contributed by atoms with Gasteiger partial charge in [0.2, 0.25) is 0 Å². The minimum absolute atomic E-state index is 0.213. The lowest BCUT2D eigenvalue weighted by Crippen LogP contribution is -2.48. The number of thiophene rings is 1. The third kappa shape index (κ3) is 3.57. The van der Waals surface area contributed by atoms with Crippen molar-refractivity contribution in [2.24, 2.45) is 0 Å². The second-order valence-electron chi connectivity index (χ2n) is 5.08. The largest absolute Gasteiger partial charge is 0.480 e. The van der Waals surface area contributed by atoms with Crippen LogP contribution in [-0.2, 0) is 11.2 Å². The van der Waals surface area contributed by atoms with Gasteiger partial charge in [0, 0.05) is 10.4 Å². The summed E-state index contributed by atoms with van der Waals surface area (Å²) in [5.41, 5.74) is -0.508. The maximum Gasteiger partial charge on any atom is 0.323 e. The van der Waals surface area contributed by atoms with Crippen LogP contribution in [0.25, 0.3) is 0 Å². The van der Waals surface area contributed by atoms with Gasteiger partial charge in [0.05, 0.1) is 4.88 Å². The zero-order valence-corrected chi connectivity index (χ0v) is 12.0. The van der Waals surface area contributed by atoms with Crippen LogP contribution < -0.4 is 0 Å². The maximum absolute atomic E-state index is 12.3. The molecule has 0 aliphatic rings. The molecule has 0 fully saturated rings. The van der Waals surface area contributed by atoms with Gasteiger partial charge in [0.15, 0.2) is 0 Å². The predicted octanol–water partition coefficient (Wildman–Crippen LogP) is 2.64. The summed E-state index contributed by atoms with van der Waals surface area (Å²) in [6.07, 6.45) is 0.881. The highest BCUT2D eigenvalue weighted by molar-refractivity contribution is 7.14. The van der Waals surface area contributed by atoms with Crippen molar-refractivity contribution < 1.29 is 14.7 Å². The van der Waals surface area contributed by atoms with E-state index in [0.29, 0.717) is 4.88 Å². The molecule has 1 aromatic rings. The summed E-state index contributed by atoms with van der Waals surface area (Å²) < 4.78 is 0. The van der Waals surface area contributed by atoms with Crippen molar-refractivity contribution in [1.29, 1.82) is 0 Å². The number of carboxylic acid groups (broad SMARTS) is 1. The van der Waals surface area contributed by atoms with Crippen LogP contribution in [0.5, 0.6) is 0 Å². The summed E-state index contributed by atoms with van der Waals surface area (Å²) in [4.78, 5) is 26.3. The molecule has 0 unspecified atom stereocenters. The van der Waals surface area contributed by atoms with Crippen molar-refractivity contribution in [3.63, 3.8) is 0 Å². The molecule has 1 N–H and O–H groups in total. The molecule has 0 radical (unpaired) electrons. The van der Waals surface area contributed by atoms with E-state index < -0.39 is 11.5 Å². The molecule has 0 aliphatic heterocycles. The lowest BCUT2D eigenvalue weighted by molar-refractivity contribution is -0.138. The fourth-order valence-electron chi connectivity index (χ4n) is 1.56. The summed E-state index contributed by atoms with van der Waals surface area (Å²) in [7, 11) is 0. The Morgan fingerprint density at radius 3 is 2.33 bits per heavy atom. The van der Waals surface area contributed by atoms with Crippen LogP contribution in [0.3, 0.4) is 0 Å². The minimum Gasteiger partial charge on any atom is -0.480 e. The zero-order valence-electron chi connectivity index (χ0n) is 11.2. The second-order valence-corrected chi connectivity index (χ2v) is 6.24. The number of nitrogens with zero attached hydrogens (tertiary/aromatic N) is 1. The third-order valence-corrected chi connectivity index (χ3v) is 3.79. The molecule has 0 bridgehead atoms. The first kappa shape index (κ1) is 14.7. The number of carboxylic acids is 1. The molecule has 1 rings (SSSR count). The fraction of sp³-hybridized carbons (Fsp3) is 0.538. The quantitative estimate of drug-likeness (QED) is 0.914. The maximum atomic E-state index is 12.3. The Morgan fingerprint density at radius 2 is 1.94 bits per heavy atom. The number of rotatable bonds is 4. The van der Waals surface area contributed by atoms with E-state index in [4.69, 9.17) is 5.11 Å². The van der Waals surface area contributed by atoms with Crippen molar-refractivity contribution in [2.75, 3.05) is 6.54 Å². The van der Waals surface area contributed by atoms with Crippen molar-refractivity contribution in [3.05, 3.63) is 21.9 Å². The van der Waals surface area contributed by atoms with Gasteiger partial charge in [-0.25, -0.2) is 0 Å². The fourth-order valence-corrected chi connectivity index (χ4v) is 2.46. The average molecular weight is 269 g/mol. The standard InChI is InChI=1S/C13H19NO3S/c1-5-9-6-7-10(18-9)12(17)14(8-11(15)16)13(2,3)4/h6-7H,5,8H2,1-4H3,(H,15,16). The van der Waals surface area contributed by atoms with Crippen molar-refractivity contribution in [1.82, 2.24) is 4.90 Å². The Balaban J connectivity index is 2.98. The van der Waals surface area contributed by atoms with Gasteiger partial charge in [-0.05, 0) is 39.3 Å². The SMILES string of the molecule is CCc1ccc(C(=O)N(CC(=O)O)C(C)(C)C)s1. The van der Waals surface area contributed by atoms with Gasteiger partial charge in [-0.1, -0.05) is 6.92 Å². The topological polar surface area (TPSA) is 57.6 Å². The normalized spacial score (nSPS) is 11.3. The van der Waals surface area contributed by atoms with Crippen LogP contribution in [0, 0.1) is 0 Å². The van der Waals surface area contributed by atoms with Gasteiger partial charge < -0.3 is 10.0 Å². The van der Waals surface area contributed by atoms with Crippen molar-refractivity contribution >= 4 is 23.2 Å². The Labute approximate surface area is 111 Å². The van der Waals surface area contributed by atoms with Gasteiger partial charge >= 0.3 is 5.97 Å². The highest BCUT2D eigenvalue weighted by Gasteiger charge is 2.29. The van der Waals surface area contributed by atoms with E-state index in [0.717, 1.165) is 11.3 Å². The number of carbonyl (C=O) groups is 2. The highest BCUT2D eigenvalue weighted by atomic mass is 32.1. The number of amides is 1. The van der Waals surface area contributed by atoms with Crippen molar-refractivity contribution in [3.8, 4) is 0 Å². The molecular formula is C13H19NO3S. The van der Waals surface area contributed by atoms with Crippen LogP contribution in [0.2, 0.25) is 0 Å². The van der Waals surface area contributed by atoms with E-state index in [9.17, 15) is 9.59 Å². The van der Waals surface area contributed by atoms with E-state index in [2.05, 4.69) is 0 Å². The van der Waals surface area contributed by atoms with E-state index in [-0.39, 0.29) is 12.5 Å². The molecule has 0 spiro atoms. The van der Waals surface area contributed by atoms with E-state index in [1.807, 2.05) is 33.8 Å². The number of hydrogen-bond donors (Lipinski definition) is 1. The minimum atomic E-state index is -0.995. The Kier molecular flexibility index (Phi) is 4.51. The first-order valence-corrected chi connectivity index (χ1v) is 6.69. The van der Waals surface area contributed by atoms with E-state index in [1.54, 1.807) is 6.07 Å². The van der Waals surface area contributed by atoms with E-state index >= 15 is 0 Å².